The summed E-state index contributed by atoms with van der Waals surface area (Å²) in [5.41, 5.74) is 0. The van der Waals surface area contributed by atoms with Gasteiger partial charge < -0.3 is 5.32 Å². The average molecular weight is 397 g/mol. The van der Waals surface area contributed by atoms with Crippen molar-refractivity contribution < 1.29 is 4.79 Å². The second kappa shape index (κ2) is 7.87. The van der Waals surface area contributed by atoms with Crippen molar-refractivity contribution in [3.05, 3.63) is 22.8 Å². The van der Waals surface area contributed by atoms with E-state index in [0.717, 1.165) is 17.3 Å². The number of amides is 1. The van der Waals surface area contributed by atoms with Crippen LogP contribution in [0.4, 0.5) is 5.82 Å². The highest BCUT2D eigenvalue weighted by atomic mass is 79.9. The molecule has 1 aliphatic rings. The van der Waals surface area contributed by atoms with Gasteiger partial charge in [-0.25, -0.2) is 9.67 Å². The molecule has 0 radical (unpaired) electrons. The van der Waals surface area contributed by atoms with Gasteiger partial charge in [0.05, 0.1) is 11.8 Å². The van der Waals surface area contributed by atoms with E-state index in [1.54, 1.807) is 12.3 Å². The van der Waals surface area contributed by atoms with Crippen LogP contribution in [0.2, 0.25) is 0 Å². The normalized spacial score (nSPS) is 15.5. The minimum Gasteiger partial charge on any atom is -0.310 e. The predicted molar refractivity (Wildman–Crippen MR) is 91.2 cm³/mol. The first-order valence-electron chi connectivity index (χ1n) is 7.54. The van der Waals surface area contributed by atoms with Crippen molar-refractivity contribution in [2.24, 2.45) is 0 Å². The minimum atomic E-state index is -0.122. The van der Waals surface area contributed by atoms with Gasteiger partial charge in [-0.05, 0) is 51.3 Å². The van der Waals surface area contributed by atoms with Crippen molar-refractivity contribution in [3.8, 4) is 0 Å². The smallest absolute Gasteiger partial charge is 0.236 e. The number of thioether (sulfide) groups is 1. The van der Waals surface area contributed by atoms with E-state index < -0.39 is 0 Å². The van der Waals surface area contributed by atoms with Crippen molar-refractivity contribution in [1.29, 1.82) is 0 Å². The quantitative estimate of drug-likeness (QED) is 0.781. The Morgan fingerprint density at radius 2 is 2.17 bits per heavy atom. The van der Waals surface area contributed by atoms with Gasteiger partial charge in [0.25, 0.3) is 0 Å². The number of hydrogen-bond donors (Lipinski definition) is 1. The van der Waals surface area contributed by atoms with Crippen LogP contribution in [0.25, 0.3) is 0 Å². The van der Waals surface area contributed by atoms with Crippen LogP contribution in [0.5, 0.6) is 0 Å². The van der Waals surface area contributed by atoms with Gasteiger partial charge in [0, 0.05) is 10.7 Å². The molecule has 1 saturated carbocycles. The molecule has 0 aliphatic heterocycles. The number of halogens is 1. The van der Waals surface area contributed by atoms with Crippen molar-refractivity contribution in [3.63, 3.8) is 0 Å². The van der Waals surface area contributed by atoms with Crippen molar-refractivity contribution >= 4 is 39.4 Å². The lowest BCUT2D eigenvalue weighted by molar-refractivity contribution is -0.113. The summed E-state index contributed by atoms with van der Waals surface area (Å²) in [6, 6.07) is 3.94. The molecule has 3 rings (SSSR count). The molecule has 1 aliphatic carbocycles. The molecule has 0 atom stereocenters. The average Bonchev–Trinajstić information content (AvgIpc) is 3.04. The molecule has 0 saturated heterocycles. The summed E-state index contributed by atoms with van der Waals surface area (Å²) in [5, 5.41) is 15.4. The molecule has 1 amide bonds. The number of rotatable bonds is 5. The van der Waals surface area contributed by atoms with Gasteiger partial charge in [0.2, 0.25) is 11.1 Å². The number of carbonyl (C=O) groups excluding carboxylic acids is 1. The molecule has 1 N–H and O–H groups in total. The second-order valence-corrected chi connectivity index (χ2v) is 7.25. The van der Waals surface area contributed by atoms with Gasteiger partial charge in [-0.3, -0.25) is 4.79 Å². The predicted octanol–water partition coefficient (Wildman–Crippen LogP) is 3.07. The SMILES string of the molecule is O=C(CSc1nnnn1C1CCCCC1)Nc1ccc(Br)cn1. The van der Waals surface area contributed by atoms with E-state index in [2.05, 4.69) is 41.8 Å². The Hall–Kier alpha value is -1.48. The summed E-state index contributed by atoms with van der Waals surface area (Å²) in [7, 11) is 0. The number of hydrogen-bond acceptors (Lipinski definition) is 6. The molecule has 2 aromatic heterocycles. The van der Waals surface area contributed by atoms with Crippen molar-refractivity contribution in [2.45, 2.75) is 43.3 Å². The number of nitrogens with zero attached hydrogens (tertiary/aromatic N) is 5. The molecule has 9 heteroatoms. The highest BCUT2D eigenvalue weighted by Crippen LogP contribution is 2.30. The number of tetrazole rings is 1. The Kier molecular flexibility index (Phi) is 5.60. The number of carbonyl (C=O) groups is 1. The molecule has 23 heavy (non-hydrogen) atoms. The van der Waals surface area contributed by atoms with Crippen LogP contribution in [0.15, 0.2) is 28.0 Å². The molecule has 2 heterocycles. The number of nitrogens with one attached hydrogen (secondary N) is 1. The zero-order valence-corrected chi connectivity index (χ0v) is 14.9. The van der Waals surface area contributed by atoms with Crippen LogP contribution < -0.4 is 5.32 Å². The number of anilines is 1. The summed E-state index contributed by atoms with van der Waals surface area (Å²) < 4.78 is 2.74. The van der Waals surface area contributed by atoms with Gasteiger partial charge >= 0.3 is 0 Å². The van der Waals surface area contributed by atoms with E-state index in [1.807, 2.05) is 10.7 Å². The summed E-state index contributed by atoms with van der Waals surface area (Å²) >= 11 is 4.67. The molecular formula is C14H17BrN6OS. The van der Waals surface area contributed by atoms with E-state index in [9.17, 15) is 4.79 Å². The van der Waals surface area contributed by atoms with Crippen LogP contribution in [0.1, 0.15) is 38.1 Å². The van der Waals surface area contributed by atoms with Crippen LogP contribution >= 0.6 is 27.7 Å². The third kappa shape index (κ3) is 4.51. The molecule has 2 aromatic rings. The maximum Gasteiger partial charge on any atom is 0.236 e. The number of aromatic nitrogens is 5. The van der Waals surface area contributed by atoms with E-state index in [1.165, 1.54) is 31.0 Å². The lowest BCUT2D eigenvalue weighted by Gasteiger charge is -2.21. The van der Waals surface area contributed by atoms with E-state index in [4.69, 9.17) is 0 Å². The lowest BCUT2D eigenvalue weighted by Crippen LogP contribution is -2.18. The Balaban J connectivity index is 1.55. The zero-order chi connectivity index (χ0) is 16.1. The maximum absolute atomic E-state index is 12.0. The lowest BCUT2D eigenvalue weighted by atomic mass is 9.96. The standard InChI is InChI=1S/C14H17BrN6OS/c15-10-6-7-12(16-8-10)17-13(22)9-23-14-18-19-20-21(14)11-4-2-1-3-5-11/h6-8,11H,1-5,9H2,(H,16,17,22). The largest absolute Gasteiger partial charge is 0.310 e. The maximum atomic E-state index is 12.0. The molecule has 0 aromatic carbocycles. The summed E-state index contributed by atoms with van der Waals surface area (Å²) in [4.78, 5) is 16.1. The summed E-state index contributed by atoms with van der Waals surface area (Å²) in [6.45, 7) is 0. The third-order valence-corrected chi connectivity index (χ3v) is 5.11. The van der Waals surface area contributed by atoms with Gasteiger partial charge in [-0.1, -0.05) is 31.0 Å². The van der Waals surface area contributed by atoms with E-state index in [-0.39, 0.29) is 11.7 Å². The first-order valence-corrected chi connectivity index (χ1v) is 9.32. The first-order chi connectivity index (χ1) is 11.2. The van der Waals surface area contributed by atoms with Gasteiger partial charge in [0.1, 0.15) is 5.82 Å². The summed E-state index contributed by atoms with van der Waals surface area (Å²) in [5.74, 6) is 0.666. The topological polar surface area (TPSA) is 85.6 Å². The Labute approximate surface area is 146 Å². The minimum absolute atomic E-state index is 0.122. The zero-order valence-electron chi connectivity index (χ0n) is 12.5. The van der Waals surface area contributed by atoms with Gasteiger partial charge in [-0.15, -0.1) is 5.10 Å². The van der Waals surface area contributed by atoms with Crippen LogP contribution in [-0.2, 0) is 4.79 Å². The summed E-state index contributed by atoms with van der Waals surface area (Å²) in [6.07, 6.45) is 7.56. The highest BCUT2D eigenvalue weighted by molar-refractivity contribution is 9.10. The molecule has 0 unspecified atom stereocenters. The molecule has 122 valence electrons. The van der Waals surface area contributed by atoms with Crippen LogP contribution in [0.3, 0.4) is 0 Å². The Morgan fingerprint density at radius 3 is 2.91 bits per heavy atom. The first kappa shape index (κ1) is 16.4. The fourth-order valence-electron chi connectivity index (χ4n) is 2.59. The third-order valence-electron chi connectivity index (χ3n) is 3.71. The van der Waals surface area contributed by atoms with Crippen molar-refractivity contribution in [2.75, 3.05) is 11.1 Å². The number of pyridine rings is 1. The van der Waals surface area contributed by atoms with E-state index in [0.29, 0.717) is 17.0 Å². The van der Waals surface area contributed by atoms with E-state index >= 15 is 0 Å². The molecule has 1 fully saturated rings. The van der Waals surface area contributed by atoms with Gasteiger partial charge in [-0.2, -0.15) is 0 Å². The second-order valence-electron chi connectivity index (χ2n) is 5.40. The Morgan fingerprint density at radius 1 is 1.35 bits per heavy atom. The molecular weight excluding hydrogens is 380 g/mol. The van der Waals surface area contributed by atoms with Gasteiger partial charge in [0.15, 0.2) is 0 Å². The highest BCUT2D eigenvalue weighted by Gasteiger charge is 2.20. The molecule has 0 spiro atoms. The van der Waals surface area contributed by atoms with Crippen LogP contribution in [-0.4, -0.2) is 36.9 Å². The Bertz CT molecular complexity index is 656. The molecule has 0 bridgehead atoms. The fourth-order valence-corrected chi connectivity index (χ4v) is 3.57. The molecule has 7 nitrogen and oxygen atoms in total. The monoisotopic (exact) mass is 396 g/mol. The van der Waals surface area contributed by atoms with Crippen molar-refractivity contribution in [1.82, 2.24) is 25.2 Å². The van der Waals surface area contributed by atoms with Crippen LogP contribution in [0, 0.1) is 0 Å². The fraction of sp³-hybridized carbons (Fsp3) is 0.500.